The molecule has 4 heteroatoms. The van der Waals surface area contributed by atoms with Crippen LogP contribution in [-0.4, -0.2) is 22.8 Å². The molecular weight excluding hydrogens is 278 g/mol. The lowest BCUT2D eigenvalue weighted by molar-refractivity contribution is 0.169. The first kappa shape index (κ1) is 15.4. The van der Waals surface area contributed by atoms with Crippen LogP contribution in [0.4, 0.5) is 0 Å². The maximum atomic E-state index is 4.48. The molecule has 0 amide bonds. The molecule has 0 radical (unpaired) electrons. The standard InChI is InChI=1S/C17H29N3S/c1-17(2,3)13-6-4-12(5-7-13)16-20-19-15(21-16)10-11-18-14-8-9-14/h12-14,18H,4-11H2,1-3H3. The van der Waals surface area contributed by atoms with Crippen LogP contribution >= 0.6 is 11.3 Å². The zero-order chi connectivity index (χ0) is 14.9. The summed E-state index contributed by atoms with van der Waals surface area (Å²) in [5.74, 6) is 1.55. The molecule has 1 aromatic heterocycles. The minimum absolute atomic E-state index is 0.464. The first-order valence-corrected chi connectivity index (χ1v) is 9.39. The summed E-state index contributed by atoms with van der Waals surface area (Å²) in [6, 6.07) is 0.796. The highest BCUT2D eigenvalue weighted by Gasteiger charge is 2.31. The highest BCUT2D eigenvalue weighted by atomic mass is 32.1. The minimum atomic E-state index is 0.464. The second-order valence-electron chi connectivity index (χ2n) is 7.93. The third kappa shape index (κ3) is 4.26. The third-order valence-electron chi connectivity index (χ3n) is 5.13. The van der Waals surface area contributed by atoms with Gasteiger partial charge in [-0.2, -0.15) is 0 Å². The average Bonchev–Trinajstić information content (AvgIpc) is 3.14. The Morgan fingerprint density at radius 2 is 1.76 bits per heavy atom. The Kier molecular flexibility index (Phi) is 4.65. The van der Waals surface area contributed by atoms with Gasteiger partial charge in [0.25, 0.3) is 0 Å². The number of hydrogen-bond acceptors (Lipinski definition) is 4. The molecule has 3 rings (SSSR count). The van der Waals surface area contributed by atoms with Gasteiger partial charge in [-0.1, -0.05) is 20.8 Å². The van der Waals surface area contributed by atoms with Crippen molar-refractivity contribution in [3.05, 3.63) is 10.0 Å². The maximum absolute atomic E-state index is 4.48. The van der Waals surface area contributed by atoms with Crippen molar-refractivity contribution in [3.63, 3.8) is 0 Å². The van der Waals surface area contributed by atoms with Gasteiger partial charge in [0.05, 0.1) is 0 Å². The Morgan fingerprint density at radius 1 is 1.05 bits per heavy atom. The Labute approximate surface area is 132 Å². The van der Waals surface area contributed by atoms with Gasteiger partial charge in [0, 0.05) is 24.9 Å². The molecule has 0 saturated heterocycles. The number of nitrogens with zero attached hydrogens (tertiary/aromatic N) is 2. The third-order valence-corrected chi connectivity index (χ3v) is 6.28. The van der Waals surface area contributed by atoms with Crippen LogP contribution in [0.25, 0.3) is 0 Å². The van der Waals surface area contributed by atoms with Crippen LogP contribution < -0.4 is 5.32 Å². The molecule has 2 fully saturated rings. The largest absolute Gasteiger partial charge is 0.314 e. The van der Waals surface area contributed by atoms with E-state index in [0.717, 1.165) is 24.9 Å². The molecular formula is C17H29N3S. The Balaban J connectivity index is 1.47. The molecule has 118 valence electrons. The smallest absolute Gasteiger partial charge is 0.120 e. The lowest BCUT2D eigenvalue weighted by atomic mass is 9.70. The number of nitrogens with one attached hydrogen (secondary N) is 1. The summed E-state index contributed by atoms with van der Waals surface area (Å²) in [4.78, 5) is 0. The van der Waals surface area contributed by atoms with Crippen molar-refractivity contribution in [3.8, 4) is 0 Å². The minimum Gasteiger partial charge on any atom is -0.314 e. The highest BCUT2D eigenvalue weighted by Crippen LogP contribution is 2.43. The molecule has 21 heavy (non-hydrogen) atoms. The number of rotatable bonds is 5. The first-order valence-electron chi connectivity index (χ1n) is 8.58. The van der Waals surface area contributed by atoms with Gasteiger partial charge in [-0.15, -0.1) is 21.5 Å². The van der Waals surface area contributed by atoms with Crippen LogP contribution in [0.3, 0.4) is 0 Å². The van der Waals surface area contributed by atoms with Crippen LogP contribution in [0.2, 0.25) is 0 Å². The number of hydrogen-bond donors (Lipinski definition) is 1. The van der Waals surface area contributed by atoms with Gasteiger partial charge in [0.1, 0.15) is 10.0 Å². The van der Waals surface area contributed by atoms with Gasteiger partial charge in [-0.25, -0.2) is 0 Å². The van der Waals surface area contributed by atoms with Gasteiger partial charge < -0.3 is 5.32 Å². The van der Waals surface area contributed by atoms with E-state index in [1.807, 2.05) is 11.3 Å². The van der Waals surface area contributed by atoms with Gasteiger partial charge in [-0.05, 0) is 49.9 Å². The summed E-state index contributed by atoms with van der Waals surface area (Å²) >= 11 is 1.86. The van der Waals surface area contributed by atoms with Crippen LogP contribution in [-0.2, 0) is 6.42 Å². The molecule has 2 aliphatic carbocycles. The molecule has 1 heterocycles. The van der Waals surface area contributed by atoms with Crippen molar-refractivity contribution in [2.24, 2.45) is 11.3 Å². The van der Waals surface area contributed by atoms with Crippen molar-refractivity contribution < 1.29 is 0 Å². The number of aromatic nitrogens is 2. The summed E-state index contributed by atoms with van der Waals surface area (Å²) in [6.07, 6.45) is 9.08. The van der Waals surface area contributed by atoms with Gasteiger partial charge in [-0.3, -0.25) is 0 Å². The summed E-state index contributed by atoms with van der Waals surface area (Å²) in [7, 11) is 0. The fourth-order valence-electron chi connectivity index (χ4n) is 3.41. The van der Waals surface area contributed by atoms with E-state index in [1.54, 1.807) is 0 Å². The lowest BCUT2D eigenvalue weighted by Gasteiger charge is -2.36. The fraction of sp³-hybridized carbons (Fsp3) is 0.882. The van der Waals surface area contributed by atoms with Crippen molar-refractivity contribution in [1.29, 1.82) is 0 Å². The molecule has 2 saturated carbocycles. The zero-order valence-corrected chi connectivity index (χ0v) is 14.5. The van der Waals surface area contributed by atoms with Crippen LogP contribution in [0.5, 0.6) is 0 Å². The summed E-state index contributed by atoms with van der Waals surface area (Å²) in [5.41, 5.74) is 0.464. The summed E-state index contributed by atoms with van der Waals surface area (Å²) in [6.45, 7) is 8.21. The molecule has 0 aromatic carbocycles. The van der Waals surface area contributed by atoms with E-state index in [2.05, 4.69) is 36.3 Å². The molecule has 0 unspecified atom stereocenters. The predicted octanol–water partition coefficient (Wildman–Crippen LogP) is 4.15. The van der Waals surface area contributed by atoms with Crippen LogP contribution in [0, 0.1) is 11.3 Å². The van der Waals surface area contributed by atoms with E-state index >= 15 is 0 Å². The SMILES string of the molecule is CC(C)(C)C1CCC(c2nnc(CCNC3CC3)s2)CC1. The molecule has 3 nitrogen and oxygen atoms in total. The molecule has 2 aliphatic rings. The predicted molar refractivity (Wildman–Crippen MR) is 88.8 cm³/mol. The van der Waals surface area contributed by atoms with Gasteiger partial charge >= 0.3 is 0 Å². The summed E-state index contributed by atoms with van der Waals surface area (Å²) < 4.78 is 0. The van der Waals surface area contributed by atoms with E-state index in [1.165, 1.54) is 48.5 Å². The quantitative estimate of drug-likeness (QED) is 0.888. The Morgan fingerprint density at radius 3 is 2.38 bits per heavy atom. The van der Waals surface area contributed by atoms with Gasteiger partial charge in [0.2, 0.25) is 0 Å². The molecule has 1 aromatic rings. The Hall–Kier alpha value is -0.480. The van der Waals surface area contributed by atoms with E-state index in [4.69, 9.17) is 0 Å². The van der Waals surface area contributed by atoms with E-state index < -0.39 is 0 Å². The fourth-order valence-corrected chi connectivity index (χ4v) is 4.42. The topological polar surface area (TPSA) is 37.8 Å². The van der Waals surface area contributed by atoms with Crippen molar-refractivity contribution >= 4 is 11.3 Å². The van der Waals surface area contributed by atoms with E-state index in [-0.39, 0.29) is 0 Å². The molecule has 0 spiro atoms. The van der Waals surface area contributed by atoms with Crippen molar-refractivity contribution in [2.45, 2.75) is 77.7 Å². The van der Waals surface area contributed by atoms with Crippen molar-refractivity contribution in [1.82, 2.24) is 15.5 Å². The monoisotopic (exact) mass is 307 g/mol. The van der Waals surface area contributed by atoms with E-state index in [9.17, 15) is 0 Å². The first-order chi connectivity index (χ1) is 10.0. The Bertz CT molecular complexity index is 451. The van der Waals surface area contributed by atoms with Crippen molar-refractivity contribution in [2.75, 3.05) is 6.54 Å². The molecule has 0 bridgehead atoms. The normalized spacial score (nSPS) is 27.0. The van der Waals surface area contributed by atoms with E-state index in [0.29, 0.717) is 11.3 Å². The highest BCUT2D eigenvalue weighted by molar-refractivity contribution is 7.11. The average molecular weight is 308 g/mol. The van der Waals surface area contributed by atoms with Gasteiger partial charge in [0.15, 0.2) is 0 Å². The van der Waals surface area contributed by atoms with Crippen LogP contribution in [0.1, 0.15) is 75.2 Å². The molecule has 0 atom stereocenters. The summed E-state index contributed by atoms with van der Waals surface area (Å²) in [5, 5.41) is 15.0. The van der Waals surface area contributed by atoms with Crippen LogP contribution in [0.15, 0.2) is 0 Å². The molecule has 1 N–H and O–H groups in total. The lowest BCUT2D eigenvalue weighted by Crippen LogP contribution is -2.25. The second kappa shape index (κ2) is 6.33. The second-order valence-corrected chi connectivity index (χ2v) is 9.02. The molecule has 0 aliphatic heterocycles. The zero-order valence-electron chi connectivity index (χ0n) is 13.7. The maximum Gasteiger partial charge on any atom is 0.120 e.